The molecule has 0 saturated heterocycles. The van der Waals surface area contributed by atoms with Gasteiger partial charge >= 0.3 is 371 Å². The van der Waals surface area contributed by atoms with Crippen molar-refractivity contribution in [3.8, 4) is 33.4 Å². The molecule has 2 aliphatic carbocycles. The fourth-order valence-electron chi connectivity index (χ4n) is 11.1. The fraction of sp³-hybridized carbons (Fsp3) is 0.281. The van der Waals surface area contributed by atoms with E-state index in [1.807, 2.05) is 0 Å². The third-order valence-corrected chi connectivity index (χ3v) is 35.0. The number of rotatable bonds is 8. The normalized spacial score (nSPS) is 15.0. The van der Waals surface area contributed by atoms with Gasteiger partial charge in [0.15, 0.2) is 0 Å². The first kappa shape index (κ1) is 42.8. The summed E-state index contributed by atoms with van der Waals surface area (Å²) in [6, 6.07) is 53.8. The molecule has 0 amide bonds. The summed E-state index contributed by atoms with van der Waals surface area (Å²) in [6.45, 7) is 23.6. The third-order valence-electron chi connectivity index (χ3n) is 13.7. The number of halogens is 2. The van der Waals surface area contributed by atoms with E-state index < -0.39 is 26.7 Å². The molecule has 2 aliphatic rings. The second-order valence-corrected chi connectivity index (χ2v) is 41.2. The Kier molecular flexibility index (Phi) is 10.8. The van der Waals surface area contributed by atoms with Crippen LogP contribution in [0.1, 0.15) is 106 Å². The summed E-state index contributed by atoms with van der Waals surface area (Å²) in [4.78, 5) is 0. The number of fused-ring (bicyclic) bond motifs is 3. The van der Waals surface area contributed by atoms with Crippen LogP contribution in [0.4, 0.5) is 0 Å². The van der Waals surface area contributed by atoms with E-state index in [9.17, 15) is 17.0 Å². The molecule has 0 saturated carbocycles. The van der Waals surface area contributed by atoms with E-state index in [-0.39, 0.29) is 18.1 Å². The molecule has 6 aromatic carbocycles. The Morgan fingerprint density at radius 3 is 1.10 bits per heavy atom. The van der Waals surface area contributed by atoms with Gasteiger partial charge in [-0.05, 0) is 0 Å². The molecule has 8 rings (SSSR count). The van der Waals surface area contributed by atoms with Crippen molar-refractivity contribution in [1.29, 1.82) is 0 Å². The minimum atomic E-state index is -5.83. The van der Waals surface area contributed by atoms with E-state index in [0.717, 1.165) is 0 Å². The van der Waals surface area contributed by atoms with Gasteiger partial charge in [-0.2, -0.15) is 0 Å². The van der Waals surface area contributed by atoms with Crippen molar-refractivity contribution in [3.63, 3.8) is 0 Å². The topological polar surface area (TPSA) is 0 Å². The van der Waals surface area contributed by atoms with Crippen molar-refractivity contribution in [2.45, 2.75) is 98.1 Å². The van der Waals surface area contributed by atoms with Gasteiger partial charge < -0.3 is 0 Å². The van der Waals surface area contributed by atoms with Crippen LogP contribution >= 0.6 is 17.0 Å². The Balaban J connectivity index is 1.64. The van der Waals surface area contributed by atoms with Crippen LogP contribution in [0.15, 0.2) is 170 Å². The molecule has 0 aliphatic heterocycles. The Morgan fingerprint density at radius 1 is 0.433 bits per heavy atom. The van der Waals surface area contributed by atoms with Crippen molar-refractivity contribution < 1.29 is 15.9 Å². The summed E-state index contributed by atoms with van der Waals surface area (Å²) < 4.78 is 0.833. The van der Waals surface area contributed by atoms with Crippen LogP contribution in [0.5, 0.6) is 0 Å². The van der Waals surface area contributed by atoms with Crippen molar-refractivity contribution in [2.75, 3.05) is 0 Å². The Morgan fingerprint density at radius 2 is 0.767 bits per heavy atom. The molecule has 0 heterocycles. The van der Waals surface area contributed by atoms with E-state index in [0.29, 0.717) is 0 Å². The van der Waals surface area contributed by atoms with Gasteiger partial charge in [-0.1, -0.05) is 0 Å². The molecule has 0 atom stereocenters. The quantitative estimate of drug-likeness (QED) is 0.143. The molecule has 0 radical (unpaired) electrons. The maximum absolute atomic E-state index is 9.39. The number of benzene rings is 6. The standard InChI is InChI=1S/C33H33.C19H22.C5H5.2ClH.Zr/c1-32(2,3)30-20-26-24(18-28(30)22-13-9-7-10-14-22)17-25-19-29(23-15-11-8-12-16-23)31(21-27(25)26)33(4,5)6;1-18(2,16-11-7-5-8-12-16)15-19(3,4)17-13-9-6-10-14-17;1-2-4-5-3-1;;;/h7-21H,1-6H3;5-14H,1-4H3;1-5H;2*1H;/q;;;;;+2/p-2. The van der Waals surface area contributed by atoms with Crippen LogP contribution in [0.3, 0.4) is 0 Å². The van der Waals surface area contributed by atoms with Gasteiger partial charge in [-0.25, -0.2) is 0 Å². The van der Waals surface area contributed by atoms with Crippen LogP contribution < -0.4 is 0 Å². The molecular weight excluding hydrogens is 847 g/mol. The van der Waals surface area contributed by atoms with Crippen molar-refractivity contribution >= 4 is 20.2 Å². The summed E-state index contributed by atoms with van der Waals surface area (Å²) in [6.07, 6.45) is 9.01. The monoisotopic (exact) mass is 904 g/mol. The predicted molar refractivity (Wildman–Crippen MR) is 260 cm³/mol. The van der Waals surface area contributed by atoms with Gasteiger partial charge in [0, 0.05) is 0 Å². The molecule has 0 spiro atoms. The summed E-state index contributed by atoms with van der Waals surface area (Å²) in [5.41, 5.74) is 13.7. The van der Waals surface area contributed by atoms with E-state index >= 15 is 0 Å². The van der Waals surface area contributed by atoms with Gasteiger partial charge in [0.05, 0.1) is 0 Å². The summed E-state index contributed by atoms with van der Waals surface area (Å²) in [5, 5.41) is 0. The molecular formula is C57H60Cl2Zr. The number of hydrogen-bond acceptors (Lipinski definition) is 0. The fourth-order valence-corrected chi connectivity index (χ4v) is 36.5. The summed E-state index contributed by atoms with van der Waals surface area (Å²) >= 11 is -5.83. The number of allylic oxidation sites excluding steroid dienone is 4. The molecule has 0 N–H and O–H groups in total. The summed E-state index contributed by atoms with van der Waals surface area (Å²) in [5.74, 6) is 0. The summed E-state index contributed by atoms with van der Waals surface area (Å²) in [7, 11) is 18.8. The van der Waals surface area contributed by atoms with Gasteiger partial charge in [-0.15, -0.1) is 0 Å². The van der Waals surface area contributed by atoms with Gasteiger partial charge in [-0.3, -0.25) is 0 Å². The average Bonchev–Trinajstić information content (AvgIpc) is 3.89. The zero-order valence-corrected chi connectivity index (χ0v) is 41.0. The number of hydrogen-bond donors (Lipinski definition) is 0. The van der Waals surface area contributed by atoms with E-state index in [4.69, 9.17) is 0 Å². The van der Waals surface area contributed by atoms with Crippen LogP contribution in [-0.2, 0) is 37.6 Å². The van der Waals surface area contributed by atoms with E-state index in [2.05, 4.69) is 239 Å². The maximum atomic E-state index is 9.39. The second-order valence-electron chi connectivity index (χ2n) is 20.4. The predicted octanol–water partition coefficient (Wildman–Crippen LogP) is 16.7. The third kappa shape index (κ3) is 7.06. The molecule has 6 aromatic rings. The molecule has 0 fully saturated rings. The van der Waals surface area contributed by atoms with Crippen molar-refractivity contribution in [1.82, 2.24) is 0 Å². The van der Waals surface area contributed by atoms with Crippen molar-refractivity contribution in [3.05, 3.63) is 203 Å². The Labute approximate surface area is 368 Å². The van der Waals surface area contributed by atoms with Gasteiger partial charge in [0.1, 0.15) is 0 Å². The molecule has 0 bridgehead atoms. The molecule has 0 nitrogen and oxygen atoms in total. The molecule has 60 heavy (non-hydrogen) atoms. The first-order chi connectivity index (χ1) is 28.2. The van der Waals surface area contributed by atoms with Gasteiger partial charge in [0.25, 0.3) is 0 Å². The second kappa shape index (κ2) is 15.2. The van der Waals surface area contributed by atoms with E-state index in [1.54, 1.807) is 0 Å². The molecule has 0 aromatic heterocycles. The zero-order chi connectivity index (χ0) is 42.9. The van der Waals surface area contributed by atoms with Crippen LogP contribution in [0.2, 0.25) is 3.63 Å². The van der Waals surface area contributed by atoms with Crippen LogP contribution in [-0.4, -0.2) is 3.21 Å². The average molecular weight is 907 g/mol. The van der Waals surface area contributed by atoms with Crippen LogP contribution in [0.25, 0.3) is 33.4 Å². The Hall–Kier alpha value is -3.87. The molecule has 306 valence electrons. The SMILES string of the molecule is CC(C)(C)c1cc2c(cc1-c1ccccc1)[CH]([Zr]([Cl])([Cl])(=[C](C(C)(C)c1ccccc1)C(C)(C)c1ccccc1)[CH]1C=CC=C1)c1cc(-c3ccccc3)c(C(C)(C)C)cc1-2. The minimum absolute atomic E-state index is 0.131. The van der Waals surface area contributed by atoms with E-state index in [1.165, 1.54) is 70.0 Å². The first-order valence-corrected chi connectivity index (χ1v) is 32.0. The molecule has 0 unspecified atom stereocenters. The van der Waals surface area contributed by atoms with Crippen LogP contribution in [0, 0.1) is 0 Å². The van der Waals surface area contributed by atoms with Gasteiger partial charge in [0.2, 0.25) is 0 Å². The van der Waals surface area contributed by atoms with Crippen molar-refractivity contribution in [2.24, 2.45) is 0 Å². The Bertz CT molecular complexity index is 2520. The molecule has 3 heteroatoms. The zero-order valence-electron chi connectivity index (χ0n) is 37.1. The first-order valence-electron chi connectivity index (χ1n) is 21.7.